The van der Waals surface area contributed by atoms with E-state index in [2.05, 4.69) is 24.9 Å². The topological polar surface area (TPSA) is 71.8 Å². The van der Waals surface area contributed by atoms with Crippen molar-refractivity contribution in [1.82, 2.24) is 9.47 Å². The maximum absolute atomic E-state index is 13.2. The highest BCUT2D eigenvalue weighted by Gasteiger charge is 2.30. The molecule has 0 saturated heterocycles. The zero-order valence-electron chi connectivity index (χ0n) is 20.7. The van der Waals surface area contributed by atoms with Crippen LogP contribution in [0.2, 0.25) is 5.02 Å². The van der Waals surface area contributed by atoms with E-state index in [0.717, 1.165) is 41.0 Å². The first-order chi connectivity index (χ1) is 16.8. The molecule has 1 N–H and O–H groups in total. The molecule has 1 aliphatic rings. The maximum atomic E-state index is 13.2. The molecule has 0 amide bonds. The Kier molecular flexibility index (Phi) is 9.23. The van der Waals surface area contributed by atoms with Gasteiger partial charge in [-0.05, 0) is 74.5 Å². The molecule has 3 aromatic rings. The van der Waals surface area contributed by atoms with E-state index in [0.29, 0.717) is 25.4 Å². The number of rotatable bonds is 10. The number of halogens is 2. The van der Waals surface area contributed by atoms with Crippen molar-refractivity contribution in [2.75, 3.05) is 14.2 Å². The molecular weight excluding hydrogens is 499 g/mol. The Labute approximate surface area is 222 Å². The first kappa shape index (κ1) is 27.8. The molecule has 192 valence electrons. The molecule has 0 aliphatic heterocycles. The van der Waals surface area contributed by atoms with Gasteiger partial charge in [0.1, 0.15) is 10.8 Å². The van der Waals surface area contributed by atoms with Crippen molar-refractivity contribution in [3.05, 3.63) is 97.9 Å². The van der Waals surface area contributed by atoms with E-state index in [9.17, 15) is 9.59 Å². The monoisotopic (exact) mass is 530 g/mol. The van der Waals surface area contributed by atoms with Crippen LogP contribution in [0.25, 0.3) is 0 Å². The second kappa shape index (κ2) is 12.0. The van der Waals surface area contributed by atoms with Crippen molar-refractivity contribution >= 4 is 30.0 Å². The van der Waals surface area contributed by atoms with E-state index in [-0.39, 0.29) is 34.6 Å². The van der Waals surface area contributed by atoms with Gasteiger partial charge in [-0.2, -0.15) is 0 Å². The van der Waals surface area contributed by atoms with E-state index < -0.39 is 5.97 Å². The van der Waals surface area contributed by atoms with Crippen molar-refractivity contribution in [2.24, 2.45) is 0 Å². The summed E-state index contributed by atoms with van der Waals surface area (Å²) in [6, 6.07) is 16.7. The molecule has 6 nitrogen and oxygen atoms in total. The lowest BCUT2D eigenvalue weighted by Gasteiger charge is -2.29. The summed E-state index contributed by atoms with van der Waals surface area (Å²) in [4.78, 5) is 26.6. The molecule has 1 aliphatic carbocycles. The molecule has 1 aromatic heterocycles. The molecule has 4 rings (SSSR count). The molecule has 1 fully saturated rings. The Morgan fingerprint density at radius 3 is 2.47 bits per heavy atom. The number of benzene rings is 2. The van der Waals surface area contributed by atoms with Gasteiger partial charge in [-0.25, -0.2) is 4.79 Å². The lowest BCUT2D eigenvalue weighted by atomic mass is 10.0. The lowest BCUT2D eigenvalue weighted by molar-refractivity contribution is 0.0697. The molecule has 8 heteroatoms. The van der Waals surface area contributed by atoms with Gasteiger partial charge in [-0.15, -0.1) is 12.4 Å². The third-order valence-electron chi connectivity index (χ3n) is 6.88. The second-order valence-corrected chi connectivity index (χ2v) is 9.62. The van der Waals surface area contributed by atoms with E-state index >= 15 is 0 Å². The quantitative estimate of drug-likeness (QED) is 0.351. The Morgan fingerprint density at radius 2 is 1.86 bits per heavy atom. The van der Waals surface area contributed by atoms with E-state index in [1.165, 1.54) is 0 Å². The van der Waals surface area contributed by atoms with Crippen molar-refractivity contribution in [2.45, 2.75) is 51.2 Å². The standard InChI is InChI=1S/C28H31ClN2O4.ClH/c1-18(22-6-4-5-7-26(22)35-3)30(2)17-25-23(20-12-13-20)16-24(29)27(32)31(25)15-14-19-8-10-21(11-9-19)28(33)34;/h4-11,16,18,20H,12-15,17H2,1-3H3,(H,33,34);1H/t18-;/m0./s1. The smallest absolute Gasteiger partial charge is 0.335 e. The number of aromatic nitrogens is 1. The Balaban J connectivity index is 0.00000361. The number of aryl methyl sites for hydroxylation is 1. The predicted molar refractivity (Wildman–Crippen MR) is 145 cm³/mol. The van der Waals surface area contributed by atoms with Gasteiger partial charge in [0.05, 0.1) is 12.7 Å². The lowest BCUT2D eigenvalue weighted by Crippen LogP contribution is -2.31. The van der Waals surface area contributed by atoms with Gasteiger partial charge in [-0.1, -0.05) is 41.9 Å². The van der Waals surface area contributed by atoms with Crippen LogP contribution in [0.1, 0.15) is 64.5 Å². The number of methoxy groups -OCH3 is 1. The van der Waals surface area contributed by atoms with Crippen molar-refractivity contribution < 1.29 is 14.6 Å². The van der Waals surface area contributed by atoms with Gasteiger partial charge < -0.3 is 14.4 Å². The normalized spacial score (nSPS) is 13.8. The van der Waals surface area contributed by atoms with Crippen LogP contribution in [0, 0.1) is 0 Å². The number of aromatic carboxylic acids is 1. The Morgan fingerprint density at radius 1 is 1.19 bits per heavy atom. The number of nitrogens with zero attached hydrogens (tertiary/aromatic N) is 2. The highest BCUT2D eigenvalue weighted by Crippen LogP contribution is 2.42. The van der Waals surface area contributed by atoms with Crippen LogP contribution < -0.4 is 10.3 Å². The maximum Gasteiger partial charge on any atom is 0.335 e. The molecule has 1 saturated carbocycles. The number of carboxylic acids is 1. The summed E-state index contributed by atoms with van der Waals surface area (Å²) in [5, 5.41) is 9.39. The van der Waals surface area contributed by atoms with Gasteiger partial charge in [0, 0.05) is 30.4 Å². The number of para-hydroxylation sites is 1. The molecular formula is C28H32Cl2N2O4. The summed E-state index contributed by atoms with van der Waals surface area (Å²) in [5.74, 6) is 0.318. The van der Waals surface area contributed by atoms with Gasteiger partial charge in [-0.3, -0.25) is 9.69 Å². The number of ether oxygens (including phenoxy) is 1. The van der Waals surface area contributed by atoms with E-state index in [1.54, 1.807) is 31.4 Å². The third-order valence-corrected chi connectivity index (χ3v) is 7.15. The van der Waals surface area contributed by atoms with Gasteiger partial charge in [0.15, 0.2) is 0 Å². The van der Waals surface area contributed by atoms with Crippen LogP contribution in [-0.2, 0) is 19.5 Å². The van der Waals surface area contributed by atoms with E-state index in [4.69, 9.17) is 21.4 Å². The average molecular weight is 531 g/mol. The predicted octanol–water partition coefficient (Wildman–Crippen LogP) is 5.94. The fourth-order valence-corrected chi connectivity index (χ4v) is 4.75. The largest absolute Gasteiger partial charge is 0.496 e. The highest BCUT2D eigenvalue weighted by molar-refractivity contribution is 6.30. The minimum Gasteiger partial charge on any atom is -0.496 e. The molecule has 1 atom stereocenters. The van der Waals surface area contributed by atoms with Crippen LogP contribution in [0.5, 0.6) is 5.75 Å². The molecule has 36 heavy (non-hydrogen) atoms. The zero-order chi connectivity index (χ0) is 25.1. The fraction of sp³-hybridized carbons (Fsp3) is 0.357. The Bertz CT molecular complexity index is 1270. The fourth-order valence-electron chi connectivity index (χ4n) is 4.53. The first-order valence-corrected chi connectivity index (χ1v) is 12.3. The molecule has 1 heterocycles. The molecule has 0 radical (unpaired) electrons. The molecule has 0 unspecified atom stereocenters. The van der Waals surface area contributed by atoms with Crippen LogP contribution in [-0.4, -0.2) is 34.7 Å². The summed E-state index contributed by atoms with van der Waals surface area (Å²) < 4.78 is 7.38. The van der Waals surface area contributed by atoms with Crippen LogP contribution in [0.3, 0.4) is 0 Å². The van der Waals surface area contributed by atoms with Crippen molar-refractivity contribution in [3.63, 3.8) is 0 Å². The van der Waals surface area contributed by atoms with Gasteiger partial charge >= 0.3 is 5.97 Å². The number of carbonyl (C=O) groups is 1. The van der Waals surface area contributed by atoms with Gasteiger partial charge in [0.2, 0.25) is 0 Å². The average Bonchev–Trinajstić information content (AvgIpc) is 3.71. The van der Waals surface area contributed by atoms with Crippen LogP contribution >= 0.6 is 24.0 Å². The minimum absolute atomic E-state index is 0. The summed E-state index contributed by atoms with van der Waals surface area (Å²) in [5.41, 5.74) is 4.26. The van der Waals surface area contributed by atoms with Crippen LogP contribution in [0.15, 0.2) is 59.4 Å². The van der Waals surface area contributed by atoms with Gasteiger partial charge in [0.25, 0.3) is 5.56 Å². The second-order valence-electron chi connectivity index (χ2n) is 9.21. The number of hydrogen-bond donors (Lipinski definition) is 1. The summed E-state index contributed by atoms with van der Waals surface area (Å²) in [6.45, 7) is 3.20. The van der Waals surface area contributed by atoms with Crippen molar-refractivity contribution in [3.8, 4) is 5.75 Å². The highest BCUT2D eigenvalue weighted by atomic mass is 35.5. The number of hydrogen-bond acceptors (Lipinski definition) is 4. The third kappa shape index (κ3) is 6.12. The molecule has 0 bridgehead atoms. The molecule has 2 aromatic carbocycles. The van der Waals surface area contributed by atoms with E-state index in [1.807, 2.05) is 28.8 Å². The van der Waals surface area contributed by atoms with Crippen LogP contribution in [0.4, 0.5) is 0 Å². The number of carboxylic acid groups (broad SMARTS) is 1. The number of pyridine rings is 1. The Hall–Kier alpha value is -2.80. The minimum atomic E-state index is -0.953. The first-order valence-electron chi connectivity index (χ1n) is 11.9. The summed E-state index contributed by atoms with van der Waals surface area (Å²) in [6.07, 6.45) is 2.80. The zero-order valence-corrected chi connectivity index (χ0v) is 22.3. The molecule has 0 spiro atoms. The van der Waals surface area contributed by atoms with Crippen molar-refractivity contribution in [1.29, 1.82) is 0 Å². The summed E-state index contributed by atoms with van der Waals surface area (Å²) >= 11 is 6.41. The summed E-state index contributed by atoms with van der Waals surface area (Å²) in [7, 11) is 3.73. The SMILES string of the molecule is COc1ccccc1[C@H](C)N(C)Cc1c(C2CC2)cc(Cl)c(=O)n1CCc1ccc(C(=O)O)cc1.Cl.